The van der Waals surface area contributed by atoms with Gasteiger partial charge >= 0.3 is 0 Å². The van der Waals surface area contributed by atoms with E-state index >= 15 is 0 Å². The smallest absolute Gasteiger partial charge is 0.188 e. The zero-order valence-electron chi connectivity index (χ0n) is 11.5. The molecular formula is C12H23N5O. The first-order valence-electron chi connectivity index (χ1n) is 6.62. The molecule has 1 aromatic rings. The second kappa shape index (κ2) is 4.93. The Morgan fingerprint density at radius 2 is 2.00 bits per heavy atom. The lowest BCUT2D eigenvalue weighted by Crippen LogP contribution is -2.37. The van der Waals surface area contributed by atoms with Crippen molar-refractivity contribution in [3.63, 3.8) is 0 Å². The van der Waals surface area contributed by atoms with Gasteiger partial charge in [-0.1, -0.05) is 12.8 Å². The maximum Gasteiger partial charge on any atom is 0.188 e. The number of tetrazole rings is 1. The Morgan fingerprint density at radius 3 is 2.56 bits per heavy atom. The molecular weight excluding hydrogens is 230 g/mol. The Kier molecular flexibility index (Phi) is 3.68. The zero-order chi connectivity index (χ0) is 13.2. The van der Waals surface area contributed by atoms with Crippen LogP contribution in [0.2, 0.25) is 0 Å². The van der Waals surface area contributed by atoms with Gasteiger partial charge in [-0.2, -0.15) is 4.80 Å². The van der Waals surface area contributed by atoms with Gasteiger partial charge in [-0.25, -0.2) is 0 Å². The fourth-order valence-corrected chi connectivity index (χ4v) is 2.22. The quantitative estimate of drug-likeness (QED) is 0.831. The first-order valence-corrected chi connectivity index (χ1v) is 6.62. The molecule has 0 atom stereocenters. The molecule has 0 aromatic carbocycles. The summed E-state index contributed by atoms with van der Waals surface area (Å²) in [5, 5.41) is 25.8. The van der Waals surface area contributed by atoms with Crippen LogP contribution in [-0.2, 0) is 12.1 Å². The van der Waals surface area contributed by atoms with Crippen LogP contribution < -0.4 is 5.32 Å². The third kappa shape index (κ3) is 3.26. The largest absolute Gasteiger partial charge is 0.389 e. The Balaban J connectivity index is 1.82. The zero-order valence-corrected chi connectivity index (χ0v) is 11.5. The number of aliphatic hydroxyl groups is 1. The lowest BCUT2D eigenvalue weighted by atomic mass is 10.0. The number of hydrogen-bond donors (Lipinski definition) is 2. The molecule has 102 valence electrons. The minimum atomic E-state index is -0.528. The van der Waals surface area contributed by atoms with Crippen molar-refractivity contribution in [3.05, 3.63) is 5.82 Å². The molecule has 0 spiro atoms. The summed E-state index contributed by atoms with van der Waals surface area (Å²) in [4.78, 5) is 1.62. The molecule has 6 nitrogen and oxygen atoms in total. The molecule has 0 saturated heterocycles. The van der Waals surface area contributed by atoms with E-state index in [1.165, 1.54) is 0 Å². The van der Waals surface area contributed by atoms with Gasteiger partial charge in [0.1, 0.15) is 0 Å². The Morgan fingerprint density at radius 1 is 1.33 bits per heavy atom. The van der Waals surface area contributed by atoms with Gasteiger partial charge in [0, 0.05) is 6.54 Å². The van der Waals surface area contributed by atoms with Crippen LogP contribution in [0.25, 0.3) is 0 Å². The van der Waals surface area contributed by atoms with Crippen LogP contribution in [-0.4, -0.2) is 37.5 Å². The van der Waals surface area contributed by atoms with Crippen LogP contribution in [0.15, 0.2) is 0 Å². The summed E-state index contributed by atoms with van der Waals surface area (Å²) >= 11 is 0. The summed E-state index contributed by atoms with van der Waals surface area (Å²) in [7, 11) is 0. The molecule has 0 unspecified atom stereocenters. The van der Waals surface area contributed by atoms with Crippen molar-refractivity contribution in [2.24, 2.45) is 0 Å². The summed E-state index contributed by atoms with van der Waals surface area (Å²) < 4.78 is 0. The van der Waals surface area contributed by atoms with E-state index in [4.69, 9.17) is 0 Å². The van der Waals surface area contributed by atoms with E-state index in [2.05, 4.69) is 20.7 Å². The molecule has 2 N–H and O–H groups in total. The summed E-state index contributed by atoms with van der Waals surface area (Å²) in [6.07, 6.45) is 4.03. The predicted octanol–water partition coefficient (Wildman–Crippen LogP) is 0.823. The number of aromatic nitrogens is 4. The molecule has 1 fully saturated rings. The third-order valence-electron chi connectivity index (χ3n) is 3.33. The maximum atomic E-state index is 10.2. The van der Waals surface area contributed by atoms with Gasteiger partial charge in [-0.15, -0.1) is 10.2 Å². The van der Waals surface area contributed by atoms with Gasteiger partial charge in [-0.05, 0) is 38.8 Å². The molecule has 0 aliphatic heterocycles. The Bertz CT molecular complexity index is 389. The van der Waals surface area contributed by atoms with Crippen LogP contribution >= 0.6 is 0 Å². The first-order chi connectivity index (χ1) is 8.39. The highest BCUT2D eigenvalue weighted by molar-refractivity contribution is 4.87. The van der Waals surface area contributed by atoms with Crippen LogP contribution in [0.1, 0.15) is 52.3 Å². The highest BCUT2D eigenvalue weighted by Crippen LogP contribution is 2.28. The minimum absolute atomic E-state index is 0.144. The second-order valence-corrected chi connectivity index (χ2v) is 6.20. The van der Waals surface area contributed by atoms with Gasteiger partial charge in [0.25, 0.3) is 0 Å². The lowest BCUT2D eigenvalue weighted by molar-refractivity contribution is 0.0473. The van der Waals surface area contributed by atoms with Crippen LogP contribution in [0.5, 0.6) is 0 Å². The van der Waals surface area contributed by atoms with E-state index in [0.29, 0.717) is 18.9 Å². The van der Waals surface area contributed by atoms with E-state index in [1.807, 2.05) is 20.8 Å². The molecule has 6 heteroatoms. The summed E-state index contributed by atoms with van der Waals surface area (Å²) in [5.41, 5.74) is -0.672. The van der Waals surface area contributed by atoms with Crippen molar-refractivity contribution in [1.82, 2.24) is 25.5 Å². The van der Waals surface area contributed by atoms with Gasteiger partial charge in [0.05, 0.1) is 17.7 Å². The summed E-state index contributed by atoms with van der Waals surface area (Å²) in [6, 6.07) is 0. The van der Waals surface area contributed by atoms with Crippen molar-refractivity contribution < 1.29 is 5.11 Å². The van der Waals surface area contributed by atoms with Gasteiger partial charge in [0.2, 0.25) is 0 Å². The third-order valence-corrected chi connectivity index (χ3v) is 3.33. The molecule has 1 aliphatic rings. The van der Waals surface area contributed by atoms with E-state index in [0.717, 1.165) is 25.7 Å². The van der Waals surface area contributed by atoms with Gasteiger partial charge in [-0.3, -0.25) is 0 Å². The van der Waals surface area contributed by atoms with Crippen molar-refractivity contribution in [2.75, 3.05) is 6.54 Å². The molecule has 2 rings (SSSR count). The molecule has 18 heavy (non-hydrogen) atoms. The van der Waals surface area contributed by atoms with Gasteiger partial charge in [0.15, 0.2) is 5.82 Å². The van der Waals surface area contributed by atoms with Crippen molar-refractivity contribution in [3.8, 4) is 0 Å². The van der Waals surface area contributed by atoms with Crippen molar-refractivity contribution in [1.29, 1.82) is 0 Å². The van der Waals surface area contributed by atoms with Crippen LogP contribution in [0, 0.1) is 0 Å². The number of nitrogens with zero attached hydrogens (tertiary/aromatic N) is 4. The number of hydrogen-bond acceptors (Lipinski definition) is 5. The fourth-order valence-electron chi connectivity index (χ4n) is 2.22. The lowest BCUT2D eigenvalue weighted by Gasteiger charge is -2.21. The van der Waals surface area contributed by atoms with Crippen LogP contribution in [0.3, 0.4) is 0 Å². The van der Waals surface area contributed by atoms with Crippen LogP contribution in [0.4, 0.5) is 0 Å². The Hall–Kier alpha value is -1.01. The highest BCUT2D eigenvalue weighted by Gasteiger charge is 2.30. The highest BCUT2D eigenvalue weighted by atomic mass is 16.3. The standard InChI is InChI=1S/C12H23N5O/c1-11(2,3)17-15-10(14-16-17)8-13-9-12(18)6-4-5-7-12/h13,18H,4-9H2,1-3H3. The minimum Gasteiger partial charge on any atom is -0.389 e. The topological polar surface area (TPSA) is 75.9 Å². The molecule has 1 aromatic heterocycles. The number of nitrogens with one attached hydrogen (secondary N) is 1. The molecule has 1 heterocycles. The monoisotopic (exact) mass is 253 g/mol. The maximum absolute atomic E-state index is 10.2. The first kappa shape index (κ1) is 13.4. The van der Waals surface area contributed by atoms with Gasteiger partial charge < -0.3 is 10.4 Å². The molecule has 1 aliphatic carbocycles. The molecule has 0 amide bonds. The molecule has 1 saturated carbocycles. The normalized spacial score (nSPS) is 19.3. The average molecular weight is 253 g/mol. The molecule has 0 radical (unpaired) electrons. The van der Waals surface area contributed by atoms with Crippen molar-refractivity contribution >= 4 is 0 Å². The fraction of sp³-hybridized carbons (Fsp3) is 0.917. The Labute approximate surface area is 108 Å². The number of rotatable bonds is 4. The van der Waals surface area contributed by atoms with Crippen molar-refractivity contribution in [2.45, 2.75) is 64.1 Å². The summed E-state index contributed by atoms with van der Waals surface area (Å²) in [5.74, 6) is 0.673. The second-order valence-electron chi connectivity index (χ2n) is 6.20. The molecule has 0 bridgehead atoms. The SMILES string of the molecule is CC(C)(C)n1nnc(CNCC2(O)CCCC2)n1. The van der Waals surface area contributed by atoms with E-state index in [1.54, 1.807) is 4.80 Å². The van der Waals surface area contributed by atoms with E-state index < -0.39 is 5.60 Å². The summed E-state index contributed by atoms with van der Waals surface area (Å²) in [6.45, 7) is 7.27. The van der Waals surface area contributed by atoms with E-state index in [9.17, 15) is 5.11 Å². The van der Waals surface area contributed by atoms with E-state index in [-0.39, 0.29) is 5.54 Å². The predicted molar refractivity (Wildman–Crippen MR) is 67.9 cm³/mol. The average Bonchev–Trinajstić information content (AvgIpc) is 2.87.